The number of hydrogen-bond acceptors (Lipinski definition) is 4. The van der Waals surface area contributed by atoms with Gasteiger partial charge in [0.1, 0.15) is 16.5 Å². The van der Waals surface area contributed by atoms with Crippen molar-refractivity contribution in [1.29, 1.82) is 0 Å². The van der Waals surface area contributed by atoms with Crippen LogP contribution in [0.4, 0.5) is 19.0 Å². The molecule has 3 aromatic rings. The zero-order chi connectivity index (χ0) is 22.9. The molecule has 0 aliphatic carbocycles. The maximum atomic E-state index is 13.8. The van der Waals surface area contributed by atoms with Crippen LogP contribution >= 0.6 is 11.6 Å². The number of benzene rings is 1. The number of alkyl halides is 3. The van der Waals surface area contributed by atoms with Crippen LogP contribution < -0.4 is 10.6 Å². The Balaban J connectivity index is 1.60. The van der Waals surface area contributed by atoms with Gasteiger partial charge in [-0.1, -0.05) is 48.9 Å². The Morgan fingerprint density at radius 1 is 1.19 bits per heavy atom. The van der Waals surface area contributed by atoms with Crippen LogP contribution in [0.25, 0.3) is 0 Å². The summed E-state index contributed by atoms with van der Waals surface area (Å²) < 4.78 is 42.4. The summed E-state index contributed by atoms with van der Waals surface area (Å²) in [6, 6.07) is 8.30. The molecule has 0 bridgehead atoms. The second-order valence-corrected chi connectivity index (χ2v) is 8.00. The van der Waals surface area contributed by atoms with E-state index in [0.29, 0.717) is 10.7 Å². The smallest absolute Gasteiger partial charge is 0.363 e. The minimum atomic E-state index is -4.51. The van der Waals surface area contributed by atoms with Crippen molar-refractivity contribution in [3.05, 3.63) is 76.2 Å². The van der Waals surface area contributed by atoms with Crippen molar-refractivity contribution in [2.45, 2.75) is 44.6 Å². The van der Waals surface area contributed by atoms with Gasteiger partial charge in [0.15, 0.2) is 6.04 Å². The summed E-state index contributed by atoms with van der Waals surface area (Å²) in [4.78, 5) is 16.7. The molecular formula is C22H21ClF3N5O. The van der Waals surface area contributed by atoms with Crippen molar-refractivity contribution in [3.63, 3.8) is 0 Å². The SMILES string of the molecule is CCc1ccc([C@@H]2C[C@H](C(F)(F)F)n3ncc(C(=O)NCc4ccc(Cl)nc4)c3N2)cc1. The lowest BCUT2D eigenvalue weighted by Crippen LogP contribution is -2.36. The fourth-order valence-corrected chi connectivity index (χ4v) is 3.83. The monoisotopic (exact) mass is 463 g/mol. The average molecular weight is 464 g/mol. The number of fused-ring (bicyclic) bond motifs is 1. The molecule has 3 heterocycles. The molecule has 0 saturated heterocycles. The van der Waals surface area contributed by atoms with Crippen LogP contribution in [0, 0.1) is 0 Å². The molecule has 0 spiro atoms. The Bertz CT molecular complexity index is 1100. The highest BCUT2D eigenvalue weighted by Crippen LogP contribution is 2.44. The number of aryl methyl sites for hydroxylation is 1. The van der Waals surface area contributed by atoms with E-state index in [-0.39, 0.29) is 24.3 Å². The fourth-order valence-electron chi connectivity index (χ4n) is 3.72. The third-order valence-electron chi connectivity index (χ3n) is 5.52. The van der Waals surface area contributed by atoms with Crippen LogP contribution in [0.1, 0.15) is 52.5 Å². The number of nitrogens with zero attached hydrogens (tertiary/aromatic N) is 3. The molecule has 2 N–H and O–H groups in total. The van der Waals surface area contributed by atoms with Crippen molar-refractivity contribution >= 4 is 23.3 Å². The second-order valence-electron chi connectivity index (χ2n) is 7.61. The van der Waals surface area contributed by atoms with Gasteiger partial charge in [-0.05, 0) is 29.2 Å². The minimum absolute atomic E-state index is 0.0508. The first kappa shape index (κ1) is 22.1. The van der Waals surface area contributed by atoms with Crippen LogP contribution in [0.5, 0.6) is 0 Å². The third kappa shape index (κ3) is 4.57. The van der Waals surface area contributed by atoms with Crippen LogP contribution in [-0.2, 0) is 13.0 Å². The molecule has 0 radical (unpaired) electrons. The maximum Gasteiger partial charge on any atom is 0.410 e. The minimum Gasteiger partial charge on any atom is -0.363 e. The lowest BCUT2D eigenvalue weighted by molar-refractivity contribution is -0.173. The number of nitrogens with one attached hydrogen (secondary N) is 2. The molecule has 0 fully saturated rings. The summed E-state index contributed by atoms with van der Waals surface area (Å²) in [5, 5.41) is 10.0. The molecule has 4 rings (SSSR count). The average Bonchev–Trinajstić information content (AvgIpc) is 3.21. The number of rotatable bonds is 5. The Hall–Kier alpha value is -3.07. The molecule has 1 aromatic carbocycles. The van der Waals surface area contributed by atoms with Gasteiger partial charge in [-0.25, -0.2) is 9.67 Å². The molecule has 1 aliphatic heterocycles. The van der Waals surface area contributed by atoms with E-state index in [1.54, 1.807) is 12.1 Å². The predicted molar refractivity (Wildman–Crippen MR) is 115 cm³/mol. The van der Waals surface area contributed by atoms with Gasteiger partial charge in [0, 0.05) is 19.2 Å². The Kier molecular flexibility index (Phi) is 6.10. The topological polar surface area (TPSA) is 71.8 Å². The van der Waals surface area contributed by atoms with E-state index >= 15 is 0 Å². The summed E-state index contributed by atoms with van der Waals surface area (Å²) in [5.41, 5.74) is 2.58. The molecule has 32 heavy (non-hydrogen) atoms. The molecule has 1 aliphatic rings. The van der Waals surface area contributed by atoms with E-state index in [4.69, 9.17) is 11.6 Å². The van der Waals surface area contributed by atoms with Crippen molar-refractivity contribution in [2.75, 3.05) is 5.32 Å². The van der Waals surface area contributed by atoms with Gasteiger partial charge >= 0.3 is 6.18 Å². The molecule has 2 aromatic heterocycles. The first-order valence-electron chi connectivity index (χ1n) is 10.1. The van der Waals surface area contributed by atoms with Crippen LogP contribution in [0.2, 0.25) is 5.15 Å². The number of carbonyl (C=O) groups is 1. The lowest BCUT2D eigenvalue weighted by atomic mass is 9.95. The van der Waals surface area contributed by atoms with Crippen LogP contribution in [0.3, 0.4) is 0 Å². The Morgan fingerprint density at radius 2 is 1.91 bits per heavy atom. The molecule has 10 heteroatoms. The largest absolute Gasteiger partial charge is 0.410 e. The zero-order valence-corrected chi connectivity index (χ0v) is 17.9. The number of halogens is 4. The highest BCUT2D eigenvalue weighted by Gasteiger charge is 2.47. The summed E-state index contributed by atoms with van der Waals surface area (Å²) in [6.45, 7) is 2.16. The van der Waals surface area contributed by atoms with Gasteiger partial charge in [0.25, 0.3) is 5.91 Å². The third-order valence-corrected chi connectivity index (χ3v) is 5.74. The van der Waals surface area contributed by atoms with Crippen molar-refractivity contribution < 1.29 is 18.0 Å². The highest BCUT2D eigenvalue weighted by molar-refractivity contribution is 6.29. The van der Waals surface area contributed by atoms with Gasteiger partial charge in [-0.3, -0.25) is 4.79 Å². The quantitative estimate of drug-likeness (QED) is 0.517. The number of aromatic nitrogens is 3. The number of amides is 1. The molecule has 168 valence electrons. The summed E-state index contributed by atoms with van der Waals surface area (Å²) >= 11 is 5.76. The van der Waals surface area contributed by atoms with Gasteiger partial charge in [-0.2, -0.15) is 18.3 Å². The van der Waals surface area contributed by atoms with Gasteiger partial charge < -0.3 is 10.6 Å². The van der Waals surface area contributed by atoms with E-state index in [1.807, 2.05) is 31.2 Å². The van der Waals surface area contributed by atoms with Gasteiger partial charge in [0.2, 0.25) is 0 Å². The summed E-state index contributed by atoms with van der Waals surface area (Å²) in [7, 11) is 0. The van der Waals surface area contributed by atoms with E-state index in [2.05, 4.69) is 20.7 Å². The van der Waals surface area contributed by atoms with Gasteiger partial charge in [-0.15, -0.1) is 0 Å². The van der Waals surface area contributed by atoms with E-state index in [0.717, 1.165) is 22.2 Å². The normalized spacial score (nSPS) is 18.0. The predicted octanol–water partition coefficient (Wildman–Crippen LogP) is 5.08. The number of anilines is 1. The lowest BCUT2D eigenvalue weighted by Gasteiger charge is -2.34. The molecule has 0 unspecified atom stereocenters. The number of pyridine rings is 1. The highest BCUT2D eigenvalue weighted by atomic mass is 35.5. The van der Waals surface area contributed by atoms with Crippen molar-refractivity contribution in [3.8, 4) is 0 Å². The summed E-state index contributed by atoms with van der Waals surface area (Å²) in [5.74, 6) is -0.480. The molecule has 0 saturated carbocycles. The summed E-state index contributed by atoms with van der Waals surface area (Å²) in [6.07, 6.45) is -1.21. The Labute approximate surface area is 187 Å². The number of carbonyl (C=O) groups excluding carboxylic acids is 1. The maximum absolute atomic E-state index is 13.8. The molecule has 1 amide bonds. The van der Waals surface area contributed by atoms with Crippen molar-refractivity contribution in [1.82, 2.24) is 20.1 Å². The zero-order valence-electron chi connectivity index (χ0n) is 17.2. The van der Waals surface area contributed by atoms with E-state index < -0.39 is 24.2 Å². The first-order chi connectivity index (χ1) is 15.3. The Morgan fingerprint density at radius 3 is 2.53 bits per heavy atom. The molecule has 6 nitrogen and oxygen atoms in total. The standard InChI is InChI=1S/C22H21ClF3N5O/c1-2-13-3-6-15(7-4-13)17-9-18(22(24,25)26)31-20(30-17)16(12-29-31)21(32)28-11-14-5-8-19(23)27-10-14/h3-8,10,12,17-18,30H,2,9,11H2,1H3,(H,28,32)/t17-,18+/m0/s1. The van der Waals surface area contributed by atoms with Crippen LogP contribution in [-0.4, -0.2) is 26.8 Å². The number of hydrogen-bond donors (Lipinski definition) is 2. The van der Waals surface area contributed by atoms with E-state index in [9.17, 15) is 18.0 Å². The first-order valence-corrected chi connectivity index (χ1v) is 10.5. The molecule has 2 atom stereocenters. The fraction of sp³-hybridized carbons (Fsp3) is 0.318. The molecular weight excluding hydrogens is 443 g/mol. The van der Waals surface area contributed by atoms with E-state index in [1.165, 1.54) is 12.4 Å². The second kappa shape index (κ2) is 8.82. The van der Waals surface area contributed by atoms with Gasteiger partial charge in [0.05, 0.1) is 12.2 Å². The van der Waals surface area contributed by atoms with Crippen molar-refractivity contribution in [2.24, 2.45) is 0 Å². The van der Waals surface area contributed by atoms with Crippen LogP contribution in [0.15, 0.2) is 48.8 Å².